The maximum Gasteiger partial charge on any atom is 0.409 e. The van der Waals surface area contributed by atoms with Crippen molar-refractivity contribution in [1.29, 1.82) is 0 Å². The smallest absolute Gasteiger partial charge is 0.409 e. The minimum absolute atomic E-state index is 0.0255. The van der Waals surface area contributed by atoms with Crippen LogP contribution in [0.3, 0.4) is 0 Å². The molecule has 4 aromatic rings. The van der Waals surface area contributed by atoms with Crippen molar-refractivity contribution in [2.24, 2.45) is 16.7 Å². The van der Waals surface area contributed by atoms with Crippen LogP contribution in [0.1, 0.15) is 63.9 Å². The summed E-state index contributed by atoms with van der Waals surface area (Å²) in [6.07, 6.45) is 15.5. The van der Waals surface area contributed by atoms with Gasteiger partial charge in [-0.25, -0.2) is 13.6 Å². The van der Waals surface area contributed by atoms with Crippen molar-refractivity contribution in [3.05, 3.63) is 47.7 Å². The lowest BCUT2D eigenvalue weighted by Crippen LogP contribution is -2.65. The number of carbonyl (C=O) groups excluding carboxylic acids is 1. The average Bonchev–Trinajstić information content (AvgIpc) is 3.41. The van der Waals surface area contributed by atoms with Gasteiger partial charge in [0.05, 0.1) is 30.8 Å². The van der Waals surface area contributed by atoms with Crippen LogP contribution in [-0.2, 0) is 9.47 Å². The van der Waals surface area contributed by atoms with Gasteiger partial charge >= 0.3 is 12.1 Å². The number of ether oxygens (including phenoxy) is 3. The average molecular weight is 767 g/mol. The first-order valence-electron chi connectivity index (χ1n) is 20.1. The predicted molar refractivity (Wildman–Crippen MR) is 208 cm³/mol. The summed E-state index contributed by atoms with van der Waals surface area (Å²) in [6.45, 7) is 8.71. The lowest BCUT2D eigenvalue weighted by Gasteiger charge is -2.60. The Kier molecular flexibility index (Phi) is 9.60. The number of amides is 1. The number of nitrogens with zero attached hydrogens (tertiary/aromatic N) is 6. The first kappa shape index (κ1) is 36.8. The summed E-state index contributed by atoms with van der Waals surface area (Å²) in [4.78, 5) is 32.9. The van der Waals surface area contributed by atoms with Gasteiger partial charge in [0.25, 0.3) is 0 Å². The fourth-order valence-corrected chi connectivity index (χ4v) is 10.7. The number of anilines is 1. The van der Waals surface area contributed by atoms with Gasteiger partial charge in [0, 0.05) is 73.3 Å². The second-order valence-electron chi connectivity index (χ2n) is 16.6. The van der Waals surface area contributed by atoms with Crippen molar-refractivity contribution in [3.63, 3.8) is 0 Å². The van der Waals surface area contributed by atoms with Gasteiger partial charge in [-0.2, -0.15) is 9.97 Å². The van der Waals surface area contributed by atoms with Gasteiger partial charge in [-0.3, -0.25) is 9.88 Å². The topological polar surface area (TPSA) is 113 Å². The Morgan fingerprint density at radius 3 is 2.75 bits per heavy atom. The highest BCUT2D eigenvalue weighted by Gasteiger charge is 2.55. The lowest BCUT2D eigenvalue weighted by atomic mass is 9.57. The van der Waals surface area contributed by atoms with Crippen LogP contribution in [0, 0.1) is 40.7 Å². The van der Waals surface area contributed by atoms with Crippen LogP contribution >= 0.6 is 0 Å². The number of carbonyl (C=O) groups is 1. The fourth-order valence-electron chi connectivity index (χ4n) is 10.7. The first-order valence-corrected chi connectivity index (χ1v) is 20.1. The first-order chi connectivity index (χ1) is 27.2. The number of aromatic hydroxyl groups is 1. The van der Waals surface area contributed by atoms with Crippen molar-refractivity contribution < 1.29 is 32.9 Å². The van der Waals surface area contributed by atoms with E-state index in [0.717, 1.165) is 77.5 Å². The maximum absolute atomic E-state index is 17.0. The number of pyridine rings is 1. The molecular formula is C43H48F2N6O5. The SMILES string of the molecule is C#Cc1c(F)ccc2cc(O)cc(-c3ncc4c(N5CCCOCC5)nc(OC[C@]56CCC[C@H]5N(CC5CC7(C5)CN(C(=O)OCC)C7)CCC6)nc4c3F)c12. The number of hydrogen-bond acceptors (Lipinski definition) is 10. The summed E-state index contributed by atoms with van der Waals surface area (Å²) in [5.74, 6) is 2.04. The van der Waals surface area contributed by atoms with Gasteiger partial charge in [0.2, 0.25) is 0 Å². The van der Waals surface area contributed by atoms with E-state index in [4.69, 9.17) is 30.6 Å². The number of halogens is 2. The number of aromatic nitrogens is 3. The summed E-state index contributed by atoms with van der Waals surface area (Å²) < 4.78 is 49.6. The zero-order chi connectivity index (χ0) is 38.6. The molecule has 2 aromatic carbocycles. The molecule has 0 bridgehead atoms. The molecule has 5 aliphatic rings. The Hall–Kier alpha value is -4.80. The number of benzene rings is 2. The van der Waals surface area contributed by atoms with Crippen LogP contribution in [0.5, 0.6) is 11.8 Å². The number of rotatable bonds is 8. The van der Waals surface area contributed by atoms with Crippen LogP contribution in [0.4, 0.5) is 19.4 Å². The quantitative estimate of drug-likeness (QED) is 0.190. The summed E-state index contributed by atoms with van der Waals surface area (Å²) in [5.41, 5.74) is 0.232. The van der Waals surface area contributed by atoms with Crippen LogP contribution in [0.25, 0.3) is 32.9 Å². The standard InChI is InChI=1S/C43H48F2N6O5/c1-3-30-33(44)10-9-28-18-29(52)19-31(35(28)30)37-36(45)38-32(22-46-37)39(49-14-7-16-54-17-15-49)48-40(47-38)56-26-43-11-5-8-34(43)50(13-6-12-43)23-27-20-42(21-27)24-51(25-42)41(53)55-4-2/h1,9-10,18-19,22,27,34,52H,4-8,11-17,20-21,23-26H2,2H3/t34-,43-/m1/s1. The highest BCUT2D eigenvalue weighted by atomic mass is 19.1. The molecule has 1 spiro atoms. The normalized spacial score (nSPS) is 23.7. The monoisotopic (exact) mass is 766 g/mol. The second-order valence-corrected chi connectivity index (χ2v) is 16.6. The van der Waals surface area contributed by atoms with Crippen molar-refractivity contribution in [2.45, 2.75) is 64.3 Å². The zero-order valence-corrected chi connectivity index (χ0v) is 31.9. The third-order valence-electron chi connectivity index (χ3n) is 13.0. The molecule has 56 heavy (non-hydrogen) atoms. The molecular weight excluding hydrogens is 719 g/mol. The second kappa shape index (κ2) is 14.6. The van der Waals surface area contributed by atoms with E-state index >= 15 is 4.39 Å². The van der Waals surface area contributed by atoms with E-state index in [0.29, 0.717) is 68.1 Å². The van der Waals surface area contributed by atoms with Gasteiger partial charge in [-0.15, -0.1) is 6.42 Å². The van der Waals surface area contributed by atoms with Gasteiger partial charge in [-0.05, 0) is 87.9 Å². The summed E-state index contributed by atoms with van der Waals surface area (Å²) in [5, 5.41) is 11.8. The highest BCUT2D eigenvalue weighted by molar-refractivity contribution is 6.03. The van der Waals surface area contributed by atoms with E-state index in [1.807, 2.05) is 11.8 Å². The van der Waals surface area contributed by atoms with Gasteiger partial charge < -0.3 is 29.1 Å². The fraction of sp³-hybridized carbons (Fsp3) is 0.535. The van der Waals surface area contributed by atoms with E-state index in [2.05, 4.69) is 20.7 Å². The molecule has 2 saturated carbocycles. The van der Waals surface area contributed by atoms with Crippen molar-refractivity contribution in [3.8, 4) is 35.4 Å². The molecule has 3 saturated heterocycles. The molecule has 1 amide bonds. The van der Waals surface area contributed by atoms with Crippen LogP contribution in [-0.4, -0.2) is 108 Å². The lowest BCUT2D eigenvalue weighted by molar-refractivity contribution is -0.101. The van der Waals surface area contributed by atoms with E-state index in [1.165, 1.54) is 30.5 Å². The van der Waals surface area contributed by atoms with Gasteiger partial charge in [-0.1, -0.05) is 18.4 Å². The van der Waals surface area contributed by atoms with Crippen molar-refractivity contribution in [2.75, 3.05) is 70.6 Å². The Balaban J connectivity index is 1.00. The molecule has 5 heterocycles. The molecule has 11 nitrogen and oxygen atoms in total. The molecule has 1 N–H and O–H groups in total. The number of fused-ring (bicyclic) bond motifs is 3. The summed E-state index contributed by atoms with van der Waals surface area (Å²) >= 11 is 0. The molecule has 0 unspecified atom stereocenters. The number of piperidine rings is 1. The molecule has 294 valence electrons. The molecule has 0 radical (unpaired) electrons. The molecule has 5 fully saturated rings. The van der Waals surface area contributed by atoms with E-state index in [9.17, 15) is 14.3 Å². The third kappa shape index (κ3) is 6.44. The Morgan fingerprint density at radius 1 is 1.09 bits per heavy atom. The predicted octanol–water partition coefficient (Wildman–Crippen LogP) is 6.92. The van der Waals surface area contributed by atoms with Gasteiger partial charge in [0.1, 0.15) is 28.6 Å². The van der Waals surface area contributed by atoms with Crippen LogP contribution in [0.15, 0.2) is 30.5 Å². The third-order valence-corrected chi connectivity index (χ3v) is 13.0. The van der Waals surface area contributed by atoms with Crippen molar-refractivity contribution in [1.82, 2.24) is 24.8 Å². The van der Waals surface area contributed by atoms with E-state index < -0.39 is 11.6 Å². The van der Waals surface area contributed by atoms with E-state index in [-0.39, 0.29) is 56.4 Å². The molecule has 2 atom stereocenters. The van der Waals surface area contributed by atoms with E-state index in [1.54, 1.807) is 0 Å². The van der Waals surface area contributed by atoms with Crippen molar-refractivity contribution >= 4 is 33.6 Å². The maximum atomic E-state index is 17.0. The Bertz CT molecular complexity index is 2210. The van der Waals surface area contributed by atoms with Crippen LogP contribution in [0.2, 0.25) is 0 Å². The van der Waals surface area contributed by atoms with Crippen LogP contribution < -0.4 is 9.64 Å². The molecule has 2 aromatic heterocycles. The van der Waals surface area contributed by atoms with Gasteiger partial charge in [0.15, 0.2) is 5.82 Å². The minimum atomic E-state index is -0.739. The minimum Gasteiger partial charge on any atom is -0.508 e. The largest absolute Gasteiger partial charge is 0.508 e. The number of terminal acetylenes is 1. The number of hydrogen-bond donors (Lipinski definition) is 1. The number of likely N-dealkylation sites (tertiary alicyclic amines) is 2. The highest BCUT2D eigenvalue weighted by Crippen LogP contribution is 2.54. The molecule has 13 heteroatoms. The number of phenols is 1. The Morgan fingerprint density at radius 2 is 1.93 bits per heavy atom. The summed E-state index contributed by atoms with van der Waals surface area (Å²) in [7, 11) is 0. The molecule has 9 rings (SSSR count). The molecule has 2 aliphatic carbocycles. The summed E-state index contributed by atoms with van der Waals surface area (Å²) in [6, 6.07) is 6.03. The number of phenolic OH excluding ortho intramolecular Hbond substituents is 1. The zero-order valence-electron chi connectivity index (χ0n) is 31.9. The Labute approximate surface area is 325 Å². The molecule has 3 aliphatic heterocycles.